The van der Waals surface area contributed by atoms with Crippen molar-refractivity contribution in [1.29, 1.82) is 0 Å². The number of allylic oxidation sites excluding steroid dienone is 1. The molecule has 0 atom stereocenters. The highest BCUT2D eigenvalue weighted by atomic mass is 16.7. The number of phenols is 1. The molecule has 0 radical (unpaired) electrons. The summed E-state index contributed by atoms with van der Waals surface area (Å²) in [5.74, 6) is 0.377. The number of aliphatic hydroxyl groups excluding tert-OH is 1. The van der Waals surface area contributed by atoms with E-state index in [0.717, 1.165) is 28.0 Å². The zero-order chi connectivity index (χ0) is 18.9. The van der Waals surface area contributed by atoms with Gasteiger partial charge in [0, 0.05) is 23.9 Å². The fraction of sp³-hybridized carbons (Fsp3) is 0.333. The van der Waals surface area contributed by atoms with E-state index >= 15 is 0 Å². The number of fused-ring (bicyclic) bond motifs is 1. The number of para-hydroxylation sites is 1. The Kier molecular flexibility index (Phi) is 4.94. The van der Waals surface area contributed by atoms with Gasteiger partial charge in [0.2, 0.25) is 0 Å². The van der Waals surface area contributed by atoms with E-state index in [9.17, 15) is 10.2 Å². The van der Waals surface area contributed by atoms with E-state index in [1.54, 1.807) is 6.07 Å². The quantitative estimate of drug-likeness (QED) is 0.703. The summed E-state index contributed by atoms with van der Waals surface area (Å²) >= 11 is 0. The predicted octanol–water partition coefficient (Wildman–Crippen LogP) is 4.14. The van der Waals surface area contributed by atoms with Gasteiger partial charge in [-0.25, -0.2) is 0 Å². The Bertz CT molecular complexity index is 855. The van der Waals surface area contributed by atoms with Gasteiger partial charge in [-0.3, -0.25) is 0 Å². The summed E-state index contributed by atoms with van der Waals surface area (Å²) in [6.07, 6.45) is 2.15. The van der Waals surface area contributed by atoms with Crippen molar-refractivity contribution < 1.29 is 19.7 Å². The van der Waals surface area contributed by atoms with Gasteiger partial charge in [-0.15, -0.1) is 0 Å². The van der Waals surface area contributed by atoms with Gasteiger partial charge in [-0.2, -0.15) is 0 Å². The molecule has 5 nitrogen and oxygen atoms in total. The Morgan fingerprint density at radius 1 is 1.12 bits per heavy atom. The Hall–Kier alpha value is -2.50. The van der Waals surface area contributed by atoms with Crippen molar-refractivity contribution in [2.24, 2.45) is 0 Å². The van der Waals surface area contributed by atoms with Crippen molar-refractivity contribution >= 4 is 11.3 Å². The molecule has 0 saturated heterocycles. The highest BCUT2D eigenvalue weighted by Crippen LogP contribution is 2.44. The Morgan fingerprint density at radius 2 is 1.88 bits per heavy atom. The lowest BCUT2D eigenvalue weighted by Crippen LogP contribution is -2.31. The number of aromatic hydroxyl groups is 1. The average molecular weight is 355 g/mol. The third kappa shape index (κ3) is 3.28. The number of hydrogen-bond acceptors (Lipinski definition) is 5. The molecule has 2 aromatic carbocycles. The second-order valence-electron chi connectivity index (χ2n) is 7.05. The van der Waals surface area contributed by atoms with Crippen molar-refractivity contribution in [2.45, 2.75) is 32.9 Å². The summed E-state index contributed by atoms with van der Waals surface area (Å²) in [6, 6.07) is 9.22. The van der Waals surface area contributed by atoms with Crippen LogP contribution < -0.4 is 10.1 Å². The number of aliphatic hydroxyl groups is 1. The van der Waals surface area contributed by atoms with Gasteiger partial charge in [0.1, 0.15) is 0 Å². The van der Waals surface area contributed by atoms with Crippen LogP contribution in [0.25, 0.3) is 16.7 Å². The minimum absolute atomic E-state index is 0.0323. The van der Waals surface area contributed by atoms with Gasteiger partial charge >= 0.3 is 0 Å². The first-order chi connectivity index (χ1) is 12.4. The molecule has 1 aliphatic rings. The van der Waals surface area contributed by atoms with Crippen LogP contribution in [0.1, 0.15) is 31.9 Å². The highest BCUT2D eigenvalue weighted by Gasteiger charge is 2.26. The molecule has 0 saturated carbocycles. The number of benzene rings is 2. The zero-order valence-electron chi connectivity index (χ0n) is 15.6. The molecule has 0 unspecified atom stereocenters. The molecule has 5 heteroatoms. The van der Waals surface area contributed by atoms with Gasteiger partial charge in [0.25, 0.3) is 0 Å². The Labute approximate surface area is 153 Å². The van der Waals surface area contributed by atoms with Gasteiger partial charge in [-0.05, 0) is 49.6 Å². The number of hydrogen-bond donors (Lipinski definition) is 3. The second-order valence-corrected chi connectivity index (χ2v) is 7.05. The van der Waals surface area contributed by atoms with Crippen LogP contribution in [0.3, 0.4) is 0 Å². The number of phenolic OH excluding ortho intramolecular Hbond substituents is 1. The van der Waals surface area contributed by atoms with E-state index < -0.39 is 0 Å². The number of ether oxygens (including phenoxy) is 2. The van der Waals surface area contributed by atoms with Crippen LogP contribution in [0.15, 0.2) is 36.4 Å². The zero-order valence-corrected chi connectivity index (χ0v) is 15.6. The van der Waals surface area contributed by atoms with E-state index in [1.807, 2.05) is 31.2 Å². The highest BCUT2D eigenvalue weighted by molar-refractivity contribution is 5.88. The number of methoxy groups -OCH3 is 1. The average Bonchev–Trinajstić information content (AvgIpc) is 2.59. The van der Waals surface area contributed by atoms with Crippen LogP contribution in [-0.4, -0.2) is 29.7 Å². The van der Waals surface area contributed by atoms with E-state index in [1.165, 1.54) is 7.11 Å². The Balaban J connectivity index is 2.15. The van der Waals surface area contributed by atoms with Gasteiger partial charge in [0.05, 0.1) is 12.1 Å². The van der Waals surface area contributed by atoms with Crippen LogP contribution in [0.4, 0.5) is 5.69 Å². The maximum Gasteiger partial charge on any atom is 0.188 e. The molecule has 0 amide bonds. The first-order valence-corrected chi connectivity index (χ1v) is 8.57. The third-order valence-corrected chi connectivity index (χ3v) is 4.52. The number of rotatable bonds is 5. The molecule has 3 rings (SSSR count). The molecular formula is C21H25NO4. The third-order valence-electron chi connectivity index (χ3n) is 4.52. The fourth-order valence-corrected chi connectivity index (χ4v) is 3.59. The Morgan fingerprint density at radius 3 is 2.58 bits per heavy atom. The van der Waals surface area contributed by atoms with E-state index in [-0.39, 0.29) is 24.7 Å². The molecule has 0 aliphatic carbocycles. The van der Waals surface area contributed by atoms with Crippen LogP contribution in [0.2, 0.25) is 0 Å². The summed E-state index contributed by atoms with van der Waals surface area (Å²) in [4.78, 5) is 0. The molecule has 0 spiro atoms. The molecule has 138 valence electrons. The fourth-order valence-electron chi connectivity index (χ4n) is 3.59. The minimum Gasteiger partial charge on any atom is -0.504 e. The maximum absolute atomic E-state index is 10.6. The molecule has 0 fully saturated rings. The SMILES string of the molecule is COCOc1cccc(-c2ccc3c(c2CO)C(C)=CC(C)(C)N3)c1O. The molecule has 3 N–H and O–H groups in total. The lowest BCUT2D eigenvalue weighted by molar-refractivity contribution is 0.0493. The van der Waals surface area contributed by atoms with E-state index in [4.69, 9.17) is 9.47 Å². The van der Waals surface area contributed by atoms with Gasteiger partial charge in [-0.1, -0.05) is 24.3 Å². The maximum atomic E-state index is 10.6. The molecule has 2 aromatic rings. The second kappa shape index (κ2) is 7.02. The van der Waals surface area contributed by atoms with Crippen molar-refractivity contribution in [1.82, 2.24) is 0 Å². The van der Waals surface area contributed by atoms with Crippen LogP contribution in [0, 0.1) is 0 Å². The monoisotopic (exact) mass is 355 g/mol. The largest absolute Gasteiger partial charge is 0.504 e. The molecule has 1 aliphatic heterocycles. The number of nitrogens with one attached hydrogen (secondary N) is 1. The summed E-state index contributed by atoms with van der Waals surface area (Å²) in [5.41, 5.74) is 5.07. The van der Waals surface area contributed by atoms with Crippen molar-refractivity contribution in [3.63, 3.8) is 0 Å². The van der Waals surface area contributed by atoms with Crippen molar-refractivity contribution in [3.05, 3.63) is 47.5 Å². The van der Waals surface area contributed by atoms with Crippen LogP contribution in [0.5, 0.6) is 11.5 Å². The number of anilines is 1. The lowest BCUT2D eigenvalue weighted by Gasteiger charge is -2.33. The summed E-state index contributed by atoms with van der Waals surface area (Å²) in [5, 5.41) is 24.2. The standard InChI is InChI=1S/C21H25NO4/c1-13-10-21(2,3)22-17-9-8-14(16(11-23)19(13)17)15-6-5-7-18(20(15)24)26-12-25-4/h5-10,22-24H,11-12H2,1-4H3. The van der Waals surface area contributed by atoms with Crippen LogP contribution in [-0.2, 0) is 11.3 Å². The van der Waals surface area contributed by atoms with E-state index in [2.05, 4.69) is 25.2 Å². The van der Waals surface area contributed by atoms with Gasteiger partial charge < -0.3 is 25.0 Å². The molecule has 0 bridgehead atoms. The first-order valence-electron chi connectivity index (χ1n) is 8.57. The van der Waals surface area contributed by atoms with Crippen LogP contribution >= 0.6 is 0 Å². The molecule has 1 heterocycles. The van der Waals surface area contributed by atoms with Crippen molar-refractivity contribution in [2.75, 3.05) is 19.2 Å². The normalized spacial score (nSPS) is 15.0. The summed E-state index contributed by atoms with van der Waals surface area (Å²) in [6.45, 7) is 6.18. The molecule has 0 aromatic heterocycles. The summed E-state index contributed by atoms with van der Waals surface area (Å²) < 4.78 is 10.3. The van der Waals surface area contributed by atoms with Gasteiger partial charge in [0.15, 0.2) is 18.3 Å². The topological polar surface area (TPSA) is 71.0 Å². The smallest absolute Gasteiger partial charge is 0.188 e. The lowest BCUT2D eigenvalue weighted by atomic mass is 9.85. The molecule has 26 heavy (non-hydrogen) atoms. The van der Waals surface area contributed by atoms with E-state index in [0.29, 0.717) is 11.3 Å². The summed E-state index contributed by atoms with van der Waals surface area (Å²) in [7, 11) is 1.53. The predicted molar refractivity (Wildman–Crippen MR) is 103 cm³/mol. The minimum atomic E-state index is -0.151. The molecular weight excluding hydrogens is 330 g/mol. The first kappa shape index (κ1) is 18.3. The van der Waals surface area contributed by atoms with Crippen molar-refractivity contribution in [3.8, 4) is 22.6 Å².